The smallest absolute Gasteiger partial charge is 0.147 e. The molecule has 3 N–H and O–H groups in total. The molecule has 6 nitrogen and oxygen atoms in total. The molecule has 0 radical (unpaired) electrons. The Kier molecular flexibility index (Phi) is 2.87. The first-order valence-corrected chi connectivity index (χ1v) is 6.39. The van der Waals surface area contributed by atoms with Gasteiger partial charge in [-0.25, -0.2) is 9.97 Å². The molecule has 0 amide bonds. The number of rotatable bonds is 3. The topological polar surface area (TPSA) is 82.1 Å². The first kappa shape index (κ1) is 11.4. The molecule has 0 atom stereocenters. The Morgan fingerprint density at radius 3 is 2.39 bits per heavy atom. The third kappa shape index (κ3) is 2.28. The Morgan fingerprint density at radius 1 is 1.17 bits per heavy atom. The Labute approximate surface area is 106 Å². The zero-order valence-corrected chi connectivity index (χ0v) is 10.3. The first-order valence-electron chi connectivity index (χ1n) is 6.39. The van der Waals surface area contributed by atoms with Gasteiger partial charge in [0.2, 0.25) is 0 Å². The second-order valence-electron chi connectivity index (χ2n) is 4.93. The predicted molar refractivity (Wildman–Crippen MR) is 69.9 cm³/mol. The lowest BCUT2D eigenvalue weighted by Crippen LogP contribution is -2.47. The average molecular weight is 246 g/mol. The molecule has 1 aliphatic heterocycles. The molecular weight excluding hydrogens is 228 g/mol. The standard InChI is InChI=1S/C12H18N6/c13-12(14)10-7-16-11(8-15-10)18-5-3-17(4-6-18)9-1-2-9/h7-9H,1-6H2,(H3,13,14). The number of hydrogen-bond donors (Lipinski definition) is 2. The number of hydrogen-bond acceptors (Lipinski definition) is 5. The van der Waals surface area contributed by atoms with Crippen LogP contribution < -0.4 is 10.6 Å². The zero-order chi connectivity index (χ0) is 12.5. The van der Waals surface area contributed by atoms with Gasteiger partial charge in [-0.05, 0) is 12.8 Å². The fraction of sp³-hybridized carbons (Fsp3) is 0.583. The van der Waals surface area contributed by atoms with E-state index in [0.29, 0.717) is 5.69 Å². The molecule has 1 saturated carbocycles. The van der Waals surface area contributed by atoms with Crippen LogP contribution in [0.4, 0.5) is 5.82 Å². The monoisotopic (exact) mass is 246 g/mol. The maximum atomic E-state index is 7.29. The number of nitrogens with zero attached hydrogens (tertiary/aromatic N) is 4. The Bertz CT molecular complexity index is 430. The molecule has 1 saturated heterocycles. The number of nitrogens with one attached hydrogen (secondary N) is 1. The summed E-state index contributed by atoms with van der Waals surface area (Å²) in [4.78, 5) is 13.3. The van der Waals surface area contributed by atoms with Gasteiger partial charge >= 0.3 is 0 Å². The van der Waals surface area contributed by atoms with Crippen molar-refractivity contribution in [2.24, 2.45) is 5.73 Å². The van der Waals surface area contributed by atoms with Crippen molar-refractivity contribution >= 4 is 11.7 Å². The normalized spacial score (nSPS) is 21.0. The van der Waals surface area contributed by atoms with E-state index in [0.717, 1.165) is 38.0 Å². The third-order valence-corrected chi connectivity index (χ3v) is 3.62. The lowest BCUT2D eigenvalue weighted by Gasteiger charge is -2.35. The van der Waals surface area contributed by atoms with Gasteiger partial charge in [0, 0.05) is 32.2 Å². The van der Waals surface area contributed by atoms with Crippen LogP contribution in [-0.4, -0.2) is 52.9 Å². The van der Waals surface area contributed by atoms with E-state index in [-0.39, 0.29) is 5.84 Å². The SMILES string of the molecule is N=C(N)c1cnc(N2CCN(C3CC3)CC2)cn1. The molecular formula is C12H18N6. The van der Waals surface area contributed by atoms with Gasteiger partial charge < -0.3 is 10.6 Å². The summed E-state index contributed by atoms with van der Waals surface area (Å²) in [7, 11) is 0. The molecule has 2 fully saturated rings. The van der Waals surface area contributed by atoms with E-state index < -0.39 is 0 Å². The summed E-state index contributed by atoms with van der Waals surface area (Å²) in [5.74, 6) is 0.850. The van der Waals surface area contributed by atoms with Gasteiger partial charge in [-0.15, -0.1) is 0 Å². The summed E-state index contributed by atoms with van der Waals surface area (Å²) in [6, 6.07) is 0.846. The van der Waals surface area contributed by atoms with Crippen LogP contribution in [0, 0.1) is 5.41 Å². The number of amidine groups is 1. The highest BCUT2D eigenvalue weighted by molar-refractivity contribution is 5.92. The molecule has 0 aromatic carbocycles. The van der Waals surface area contributed by atoms with Crippen LogP contribution >= 0.6 is 0 Å². The fourth-order valence-corrected chi connectivity index (χ4v) is 2.38. The fourth-order valence-electron chi connectivity index (χ4n) is 2.38. The molecule has 3 rings (SSSR count). The quantitative estimate of drug-likeness (QED) is 0.581. The van der Waals surface area contributed by atoms with E-state index in [1.165, 1.54) is 12.8 Å². The largest absolute Gasteiger partial charge is 0.382 e. The highest BCUT2D eigenvalue weighted by Gasteiger charge is 2.31. The van der Waals surface area contributed by atoms with Crippen molar-refractivity contribution in [1.29, 1.82) is 5.41 Å². The lowest BCUT2D eigenvalue weighted by molar-refractivity contribution is 0.247. The Hall–Kier alpha value is -1.69. The van der Waals surface area contributed by atoms with Gasteiger partial charge in [0.05, 0.1) is 12.4 Å². The molecule has 0 bridgehead atoms. The van der Waals surface area contributed by atoms with E-state index in [1.54, 1.807) is 12.4 Å². The van der Waals surface area contributed by atoms with Gasteiger partial charge in [0.15, 0.2) is 0 Å². The summed E-state index contributed by atoms with van der Waals surface area (Å²) in [6.07, 6.45) is 6.02. The maximum Gasteiger partial charge on any atom is 0.147 e. The molecule has 6 heteroatoms. The molecule has 0 spiro atoms. The van der Waals surface area contributed by atoms with E-state index in [2.05, 4.69) is 19.8 Å². The number of piperazine rings is 1. The molecule has 1 aromatic heterocycles. The van der Waals surface area contributed by atoms with Crippen LogP contribution in [0.15, 0.2) is 12.4 Å². The van der Waals surface area contributed by atoms with Crippen molar-refractivity contribution in [2.45, 2.75) is 18.9 Å². The van der Waals surface area contributed by atoms with Crippen LogP contribution in [0.3, 0.4) is 0 Å². The zero-order valence-electron chi connectivity index (χ0n) is 10.3. The van der Waals surface area contributed by atoms with Gasteiger partial charge in [0.1, 0.15) is 17.3 Å². The van der Waals surface area contributed by atoms with Crippen LogP contribution in [0.1, 0.15) is 18.5 Å². The second kappa shape index (κ2) is 4.53. The molecule has 2 aliphatic rings. The van der Waals surface area contributed by atoms with Crippen LogP contribution in [0.5, 0.6) is 0 Å². The second-order valence-corrected chi connectivity index (χ2v) is 4.93. The molecule has 18 heavy (non-hydrogen) atoms. The minimum atomic E-state index is -0.0346. The van der Waals surface area contributed by atoms with Crippen LogP contribution in [-0.2, 0) is 0 Å². The lowest BCUT2D eigenvalue weighted by atomic mass is 10.3. The van der Waals surface area contributed by atoms with Gasteiger partial charge in [-0.3, -0.25) is 10.3 Å². The van der Waals surface area contributed by atoms with Crippen molar-refractivity contribution < 1.29 is 0 Å². The van der Waals surface area contributed by atoms with E-state index in [9.17, 15) is 0 Å². The summed E-state index contributed by atoms with van der Waals surface area (Å²) >= 11 is 0. The molecule has 96 valence electrons. The van der Waals surface area contributed by atoms with Crippen molar-refractivity contribution in [2.75, 3.05) is 31.1 Å². The predicted octanol–water partition coefficient (Wildman–Crippen LogP) is 0.0451. The first-order chi connectivity index (χ1) is 8.74. The summed E-state index contributed by atoms with van der Waals surface area (Å²) < 4.78 is 0. The average Bonchev–Trinajstić information content (AvgIpc) is 3.23. The van der Waals surface area contributed by atoms with Crippen LogP contribution in [0.25, 0.3) is 0 Å². The van der Waals surface area contributed by atoms with Crippen molar-refractivity contribution in [3.8, 4) is 0 Å². The van der Waals surface area contributed by atoms with Gasteiger partial charge in [-0.1, -0.05) is 0 Å². The third-order valence-electron chi connectivity index (χ3n) is 3.62. The van der Waals surface area contributed by atoms with Crippen molar-refractivity contribution in [3.63, 3.8) is 0 Å². The van der Waals surface area contributed by atoms with Crippen LogP contribution in [0.2, 0.25) is 0 Å². The summed E-state index contributed by atoms with van der Waals surface area (Å²) in [5.41, 5.74) is 5.80. The van der Waals surface area contributed by atoms with Crippen molar-refractivity contribution in [3.05, 3.63) is 18.1 Å². The molecule has 1 aromatic rings. The highest BCUT2D eigenvalue weighted by atomic mass is 15.3. The summed E-state index contributed by atoms with van der Waals surface area (Å²) in [5, 5.41) is 7.29. The maximum absolute atomic E-state index is 7.29. The van der Waals surface area contributed by atoms with Gasteiger partial charge in [0.25, 0.3) is 0 Å². The Morgan fingerprint density at radius 2 is 1.89 bits per heavy atom. The van der Waals surface area contributed by atoms with Gasteiger partial charge in [-0.2, -0.15) is 0 Å². The van der Waals surface area contributed by atoms with E-state index in [4.69, 9.17) is 11.1 Å². The minimum Gasteiger partial charge on any atom is -0.382 e. The molecule has 1 aliphatic carbocycles. The summed E-state index contributed by atoms with van der Waals surface area (Å²) in [6.45, 7) is 4.23. The van der Waals surface area contributed by atoms with Crippen molar-refractivity contribution in [1.82, 2.24) is 14.9 Å². The van der Waals surface area contributed by atoms with E-state index in [1.807, 2.05) is 0 Å². The van der Waals surface area contributed by atoms with E-state index >= 15 is 0 Å². The number of nitrogens with two attached hydrogens (primary N) is 1. The highest BCUT2D eigenvalue weighted by Crippen LogP contribution is 2.28. The molecule has 0 unspecified atom stereocenters. The number of anilines is 1. The Balaban J connectivity index is 1.62. The molecule has 2 heterocycles. The number of aromatic nitrogens is 2. The number of nitrogen functional groups attached to an aromatic ring is 1. The minimum absolute atomic E-state index is 0.0346.